The number of nitrogens with one attached hydrogen (secondary N) is 1. The molecule has 0 radical (unpaired) electrons. The first-order chi connectivity index (χ1) is 8.41. The van der Waals surface area contributed by atoms with E-state index in [-0.39, 0.29) is 18.0 Å². The molecule has 5 nitrogen and oxygen atoms in total. The van der Waals surface area contributed by atoms with Crippen molar-refractivity contribution in [1.82, 2.24) is 4.72 Å². The van der Waals surface area contributed by atoms with Gasteiger partial charge in [-0.2, -0.15) is 0 Å². The topological polar surface area (TPSA) is 75.6 Å². The predicted octanol–water partition coefficient (Wildman–Crippen LogP) is 0.425. The molecule has 1 aromatic rings. The molecule has 0 amide bonds. The molecule has 1 fully saturated rings. The van der Waals surface area contributed by atoms with E-state index in [1.165, 1.54) is 0 Å². The van der Waals surface area contributed by atoms with Gasteiger partial charge in [0.15, 0.2) is 0 Å². The lowest BCUT2D eigenvalue weighted by atomic mass is 10.1. The van der Waals surface area contributed by atoms with Crippen LogP contribution >= 0.6 is 0 Å². The number of benzene rings is 1. The summed E-state index contributed by atoms with van der Waals surface area (Å²) in [5.74, 6) is 0. The summed E-state index contributed by atoms with van der Waals surface area (Å²) in [6.45, 7) is 2.50. The van der Waals surface area contributed by atoms with E-state index in [1.54, 1.807) is 24.3 Å². The molecule has 6 heteroatoms. The number of aryl methyl sites for hydroxylation is 1. The van der Waals surface area contributed by atoms with Crippen LogP contribution in [0.3, 0.4) is 0 Å². The van der Waals surface area contributed by atoms with Gasteiger partial charge in [-0.1, -0.05) is 17.7 Å². The second-order valence-electron chi connectivity index (χ2n) is 4.66. The third-order valence-corrected chi connectivity index (χ3v) is 4.42. The Morgan fingerprint density at radius 3 is 2.61 bits per heavy atom. The van der Waals surface area contributed by atoms with Crippen LogP contribution in [-0.2, 0) is 14.8 Å². The van der Waals surface area contributed by atoms with Crippen LogP contribution in [0.15, 0.2) is 29.2 Å². The number of rotatable bonds is 4. The maximum atomic E-state index is 12.0. The molecule has 0 saturated carbocycles. The van der Waals surface area contributed by atoms with Crippen LogP contribution in [0.1, 0.15) is 12.0 Å². The van der Waals surface area contributed by atoms with Gasteiger partial charge in [0, 0.05) is 19.6 Å². The van der Waals surface area contributed by atoms with Crippen molar-refractivity contribution in [2.45, 2.75) is 23.8 Å². The van der Waals surface area contributed by atoms with Crippen molar-refractivity contribution < 1.29 is 18.3 Å². The van der Waals surface area contributed by atoms with Crippen LogP contribution in [0.2, 0.25) is 0 Å². The zero-order chi connectivity index (χ0) is 13.2. The Bertz CT molecular complexity index is 503. The molecule has 100 valence electrons. The Morgan fingerprint density at radius 2 is 2.06 bits per heavy atom. The fraction of sp³-hybridized carbons (Fsp3) is 0.500. The van der Waals surface area contributed by atoms with Crippen molar-refractivity contribution in [3.05, 3.63) is 29.8 Å². The van der Waals surface area contributed by atoms with Gasteiger partial charge in [0.2, 0.25) is 10.0 Å². The van der Waals surface area contributed by atoms with E-state index in [1.807, 2.05) is 6.92 Å². The van der Waals surface area contributed by atoms with Crippen LogP contribution in [-0.4, -0.2) is 38.9 Å². The Hall–Kier alpha value is -0.950. The highest BCUT2D eigenvalue weighted by Gasteiger charge is 2.33. The molecule has 0 aliphatic carbocycles. The minimum atomic E-state index is -3.57. The normalized spacial score (nSPS) is 24.3. The molecular weight excluding hydrogens is 254 g/mol. The summed E-state index contributed by atoms with van der Waals surface area (Å²) in [4.78, 5) is 0.204. The summed E-state index contributed by atoms with van der Waals surface area (Å²) in [5.41, 5.74) is -0.0885. The molecular formula is C12H17NO4S. The monoisotopic (exact) mass is 271 g/mol. The third kappa shape index (κ3) is 3.08. The van der Waals surface area contributed by atoms with Gasteiger partial charge in [-0.3, -0.25) is 0 Å². The Kier molecular flexibility index (Phi) is 3.72. The molecule has 1 saturated heterocycles. The van der Waals surface area contributed by atoms with E-state index in [4.69, 9.17) is 4.74 Å². The molecule has 1 aromatic carbocycles. The highest BCUT2D eigenvalue weighted by Crippen LogP contribution is 2.18. The maximum Gasteiger partial charge on any atom is 0.240 e. The Labute approximate surface area is 107 Å². The van der Waals surface area contributed by atoms with Crippen molar-refractivity contribution in [2.24, 2.45) is 0 Å². The molecule has 18 heavy (non-hydrogen) atoms. The van der Waals surface area contributed by atoms with Gasteiger partial charge < -0.3 is 9.84 Å². The number of aliphatic hydroxyl groups is 1. The Morgan fingerprint density at radius 1 is 1.39 bits per heavy atom. The Balaban J connectivity index is 2.05. The summed E-state index contributed by atoms with van der Waals surface area (Å²) in [6, 6.07) is 6.57. The SMILES string of the molecule is Cc1ccc(S(=O)(=O)NCC2(O)CCOC2)cc1. The molecule has 1 unspecified atom stereocenters. The molecule has 1 heterocycles. The van der Waals surface area contributed by atoms with Gasteiger partial charge in [0.05, 0.1) is 11.5 Å². The van der Waals surface area contributed by atoms with E-state index in [0.717, 1.165) is 5.56 Å². The zero-order valence-electron chi connectivity index (χ0n) is 10.2. The highest BCUT2D eigenvalue weighted by atomic mass is 32.2. The van der Waals surface area contributed by atoms with Crippen LogP contribution in [0.5, 0.6) is 0 Å². The van der Waals surface area contributed by atoms with E-state index in [0.29, 0.717) is 13.0 Å². The third-order valence-electron chi connectivity index (χ3n) is 3.01. The maximum absolute atomic E-state index is 12.0. The molecule has 1 aliphatic rings. The van der Waals surface area contributed by atoms with Crippen LogP contribution in [0.25, 0.3) is 0 Å². The largest absolute Gasteiger partial charge is 0.386 e. The van der Waals surface area contributed by atoms with E-state index < -0.39 is 15.6 Å². The first-order valence-corrected chi connectivity index (χ1v) is 7.26. The fourth-order valence-corrected chi connectivity index (χ4v) is 2.89. The smallest absolute Gasteiger partial charge is 0.240 e. The zero-order valence-corrected chi connectivity index (χ0v) is 11.0. The van der Waals surface area contributed by atoms with Gasteiger partial charge in [-0.25, -0.2) is 13.1 Å². The van der Waals surface area contributed by atoms with Crippen molar-refractivity contribution in [3.63, 3.8) is 0 Å². The number of sulfonamides is 1. The van der Waals surface area contributed by atoms with E-state index in [9.17, 15) is 13.5 Å². The summed E-state index contributed by atoms with van der Waals surface area (Å²) < 4.78 is 31.4. The van der Waals surface area contributed by atoms with Crippen molar-refractivity contribution >= 4 is 10.0 Å². The summed E-state index contributed by atoms with van der Waals surface area (Å²) in [6.07, 6.45) is 0.448. The molecule has 0 aromatic heterocycles. The van der Waals surface area contributed by atoms with Gasteiger partial charge in [-0.15, -0.1) is 0 Å². The quantitative estimate of drug-likeness (QED) is 0.832. The number of ether oxygens (including phenoxy) is 1. The van der Waals surface area contributed by atoms with E-state index >= 15 is 0 Å². The predicted molar refractivity (Wildman–Crippen MR) is 66.8 cm³/mol. The first kappa shape index (κ1) is 13.5. The second-order valence-corrected chi connectivity index (χ2v) is 6.43. The molecule has 0 spiro atoms. The minimum absolute atomic E-state index is 0.0246. The fourth-order valence-electron chi connectivity index (χ4n) is 1.77. The van der Waals surface area contributed by atoms with Gasteiger partial charge in [-0.05, 0) is 19.1 Å². The summed E-state index contributed by atoms with van der Waals surface area (Å²) in [5, 5.41) is 9.99. The highest BCUT2D eigenvalue weighted by molar-refractivity contribution is 7.89. The van der Waals surface area contributed by atoms with Crippen molar-refractivity contribution in [3.8, 4) is 0 Å². The number of hydrogen-bond donors (Lipinski definition) is 2. The molecule has 2 rings (SSSR count). The van der Waals surface area contributed by atoms with Crippen molar-refractivity contribution in [1.29, 1.82) is 0 Å². The van der Waals surface area contributed by atoms with E-state index in [2.05, 4.69) is 4.72 Å². The first-order valence-electron chi connectivity index (χ1n) is 5.78. The van der Waals surface area contributed by atoms with Crippen LogP contribution < -0.4 is 4.72 Å². The lowest BCUT2D eigenvalue weighted by Crippen LogP contribution is -2.43. The van der Waals surface area contributed by atoms with Gasteiger partial charge in [0.25, 0.3) is 0 Å². The summed E-state index contributed by atoms with van der Waals surface area (Å²) >= 11 is 0. The summed E-state index contributed by atoms with van der Waals surface area (Å²) in [7, 11) is -3.57. The van der Waals surface area contributed by atoms with Gasteiger partial charge in [0.1, 0.15) is 5.60 Å². The van der Waals surface area contributed by atoms with Crippen LogP contribution in [0.4, 0.5) is 0 Å². The molecule has 0 bridgehead atoms. The molecule has 1 atom stereocenters. The molecule has 2 N–H and O–H groups in total. The lowest BCUT2D eigenvalue weighted by Gasteiger charge is -2.20. The lowest BCUT2D eigenvalue weighted by molar-refractivity contribution is 0.0314. The van der Waals surface area contributed by atoms with Crippen LogP contribution in [0, 0.1) is 6.92 Å². The minimum Gasteiger partial charge on any atom is -0.386 e. The standard InChI is InChI=1S/C12H17NO4S/c1-10-2-4-11(5-3-10)18(15,16)13-8-12(14)6-7-17-9-12/h2-5,13-14H,6-9H2,1H3. The second kappa shape index (κ2) is 4.97. The molecule has 1 aliphatic heterocycles. The average Bonchev–Trinajstić information content (AvgIpc) is 2.75. The van der Waals surface area contributed by atoms with Crippen molar-refractivity contribution in [2.75, 3.05) is 19.8 Å². The number of hydrogen-bond acceptors (Lipinski definition) is 4. The average molecular weight is 271 g/mol. The van der Waals surface area contributed by atoms with Gasteiger partial charge >= 0.3 is 0 Å².